The molecule has 0 amide bonds. The van der Waals surface area contributed by atoms with Crippen molar-refractivity contribution in [3.63, 3.8) is 0 Å². The van der Waals surface area contributed by atoms with Gasteiger partial charge in [-0.3, -0.25) is 0 Å². The number of aryl methyl sites for hydroxylation is 3. The van der Waals surface area contributed by atoms with Crippen LogP contribution in [-0.4, -0.2) is 26.8 Å². The Bertz CT molecular complexity index is 357. The highest BCUT2D eigenvalue weighted by atomic mass is 32.1. The van der Waals surface area contributed by atoms with Crippen molar-refractivity contribution in [2.45, 2.75) is 40.5 Å². The van der Waals surface area contributed by atoms with Crippen molar-refractivity contribution in [3.05, 3.63) is 21.4 Å². The lowest BCUT2D eigenvalue weighted by molar-refractivity contribution is 0.193. The molecule has 104 valence electrons. The summed E-state index contributed by atoms with van der Waals surface area (Å²) >= 11 is 1.95. The second-order valence-corrected chi connectivity index (χ2v) is 7.14. The first-order valence-corrected chi connectivity index (χ1v) is 7.52. The minimum atomic E-state index is 0.345. The van der Waals surface area contributed by atoms with E-state index < -0.39 is 0 Å². The Morgan fingerprint density at radius 1 is 1.33 bits per heavy atom. The molecule has 0 atom stereocenters. The van der Waals surface area contributed by atoms with E-state index >= 15 is 0 Å². The SMILES string of the molecule is COCCNCC(C)(C)CCc1sc(C)cc1C. The van der Waals surface area contributed by atoms with Crippen LogP contribution in [0.25, 0.3) is 0 Å². The van der Waals surface area contributed by atoms with Crippen LogP contribution in [0.15, 0.2) is 6.07 Å². The summed E-state index contributed by atoms with van der Waals surface area (Å²) in [4.78, 5) is 2.98. The van der Waals surface area contributed by atoms with E-state index in [1.54, 1.807) is 12.0 Å². The topological polar surface area (TPSA) is 21.3 Å². The van der Waals surface area contributed by atoms with Gasteiger partial charge in [0, 0.05) is 30.0 Å². The molecule has 3 heteroatoms. The molecule has 1 rings (SSSR count). The highest BCUT2D eigenvalue weighted by Gasteiger charge is 2.18. The Balaban J connectivity index is 2.34. The first kappa shape index (κ1) is 15.7. The number of nitrogens with one attached hydrogen (secondary N) is 1. The summed E-state index contributed by atoms with van der Waals surface area (Å²) in [6, 6.07) is 2.30. The van der Waals surface area contributed by atoms with Gasteiger partial charge in [-0.2, -0.15) is 0 Å². The van der Waals surface area contributed by atoms with Gasteiger partial charge in [0.2, 0.25) is 0 Å². The maximum absolute atomic E-state index is 5.04. The third-order valence-electron chi connectivity index (χ3n) is 3.26. The molecule has 0 saturated heterocycles. The lowest BCUT2D eigenvalue weighted by atomic mass is 9.87. The molecule has 0 saturated carbocycles. The van der Waals surface area contributed by atoms with Gasteiger partial charge in [0.25, 0.3) is 0 Å². The molecular weight excluding hydrogens is 242 g/mol. The Morgan fingerprint density at radius 2 is 2.06 bits per heavy atom. The standard InChI is InChI=1S/C15H27NOS/c1-12-10-13(2)18-14(12)6-7-15(3,4)11-16-8-9-17-5/h10,16H,6-9,11H2,1-5H3. The molecule has 0 bridgehead atoms. The van der Waals surface area contributed by atoms with Crippen LogP contribution in [0.3, 0.4) is 0 Å². The summed E-state index contributed by atoms with van der Waals surface area (Å²) < 4.78 is 5.04. The average Bonchev–Trinajstić information content (AvgIpc) is 2.61. The van der Waals surface area contributed by atoms with Gasteiger partial charge in [-0.25, -0.2) is 0 Å². The molecule has 1 N–H and O–H groups in total. The molecule has 0 unspecified atom stereocenters. The quantitative estimate of drug-likeness (QED) is 0.729. The van der Waals surface area contributed by atoms with Crippen LogP contribution in [0.5, 0.6) is 0 Å². The highest BCUT2D eigenvalue weighted by molar-refractivity contribution is 7.12. The smallest absolute Gasteiger partial charge is 0.0587 e. The van der Waals surface area contributed by atoms with Gasteiger partial charge in [0.05, 0.1) is 6.61 Å². The largest absolute Gasteiger partial charge is 0.383 e. The van der Waals surface area contributed by atoms with E-state index in [1.165, 1.54) is 23.3 Å². The third-order valence-corrected chi connectivity index (χ3v) is 4.47. The summed E-state index contributed by atoms with van der Waals surface area (Å²) in [5, 5.41) is 3.46. The summed E-state index contributed by atoms with van der Waals surface area (Å²) in [6.07, 6.45) is 2.43. The van der Waals surface area contributed by atoms with Crippen molar-refractivity contribution in [1.82, 2.24) is 5.32 Å². The Labute approximate surface area is 116 Å². The molecule has 0 aliphatic carbocycles. The third kappa shape index (κ3) is 5.51. The molecule has 2 nitrogen and oxygen atoms in total. The lowest BCUT2D eigenvalue weighted by Crippen LogP contribution is -2.31. The van der Waals surface area contributed by atoms with Crippen LogP contribution >= 0.6 is 11.3 Å². The maximum atomic E-state index is 5.04. The van der Waals surface area contributed by atoms with E-state index in [9.17, 15) is 0 Å². The second kappa shape index (κ2) is 7.27. The molecule has 0 spiro atoms. The number of ether oxygens (including phenoxy) is 1. The summed E-state index contributed by atoms with van der Waals surface area (Å²) in [7, 11) is 1.74. The number of hydrogen-bond acceptors (Lipinski definition) is 3. The maximum Gasteiger partial charge on any atom is 0.0587 e. The fourth-order valence-corrected chi connectivity index (χ4v) is 3.13. The van der Waals surface area contributed by atoms with Crippen molar-refractivity contribution in [2.75, 3.05) is 26.8 Å². The number of rotatable bonds is 8. The molecular formula is C15H27NOS. The van der Waals surface area contributed by atoms with Crippen LogP contribution in [0.4, 0.5) is 0 Å². The molecule has 18 heavy (non-hydrogen) atoms. The zero-order valence-electron chi connectivity index (χ0n) is 12.4. The Hall–Kier alpha value is -0.380. The van der Waals surface area contributed by atoms with Gasteiger partial charge in [-0.05, 0) is 43.7 Å². The molecule has 0 aliphatic rings. The average molecular weight is 269 g/mol. The molecule has 0 aromatic carbocycles. The zero-order valence-corrected chi connectivity index (χ0v) is 13.2. The minimum Gasteiger partial charge on any atom is -0.383 e. The highest BCUT2D eigenvalue weighted by Crippen LogP contribution is 2.27. The van der Waals surface area contributed by atoms with Gasteiger partial charge < -0.3 is 10.1 Å². The van der Waals surface area contributed by atoms with Crippen LogP contribution in [-0.2, 0) is 11.2 Å². The minimum absolute atomic E-state index is 0.345. The predicted molar refractivity (Wildman–Crippen MR) is 80.6 cm³/mol. The molecule has 1 heterocycles. The van der Waals surface area contributed by atoms with Crippen LogP contribution < -0.4 is 5.32 Å². The molecule has 0 radical (unpaired) electrons. The van der Waals surface area contributed by atoms with E-state index in [2.05, 4.69) is 39.1 Å². The summed E-state index contributed by atoms with van der Waals surface area (Å²) in [5.74, 6) is 0. The van der Waals surface area contributed by atoms with Gasteiger partial charge >= 0.3 is 0 Å². The van der Waals surface area contributed by atoms with E-state index in [0.717, 1.165) is 19.7 Å². The van der Waals surface area contributed by atoms with Crippen LogP contribution in [0.1, 0.15) is 35.6 Å². The lowest BCUT2D eigenvalue weighted by Gasteiger charge is -2.25. The van der Waals surface area contributed by atoms with E-state index in [-0.39, 0.29) is 0 Å². The van der Waals surface area contributed by atoms with E-state index in [4.69, 9.17) is 4.74 Å². The molecule has 0 aliphatic heterocycles. The van der Waals surface area contributed by atoms with E-state index in [1.807, 2.05) is 11.3 Å². The number of thiophene rings is 1. The second-order valence-electron chi connectivity index (χ2n) is 5.80. The summed E-state index contributed by atoms with van der Waals surface area (Å²) in [5.41, 5.74) is 1.80. The van der Waals surface area contributed by atoms with Crippen LogP contribution in [0.2, 0.25) is 0 Å². The van der Waals surface area contributed by atoms with Gasteiger partial charge in [-0.15, -0.1) is 11.3 Å². The normalized spacial score (nSPS) is 12.1. The first-order chi connectivity index (χ1) is 8.44. The number of hydrogen-bond donors (Lipinski definition) is 1. The first-order valence-electron chi connectivity index (χ1n) is 6.70. The van der Waals surface area contributed by atoms with Crippen molar-refractivity contribution in [2.24, 2.45) is 5.41 Å². The Morgan fingerprint density at radius 3 is 2.61 bits per heavy atom. The van der Waals surface area contributed by atoms with Crippen molar-refractivity contribution < 1.29 is 4.74 Å². The van der Waals surface area contributed by atoms with Crippen molar-refractivity contribution in [1.29, 1.82) is 0 Å². The molecule has 1 aromatic heterocycles. The fraction of sp³-hybridized carbons (Fsp3) is 0.733. The van der Waals surface area contributed by atoms with Crippen LogP contribution in [0, 0.1) is 19.3 Å². The zero-order chi connectivity index (χ0) is 13.6. The number of methoxy groups -OCH3 is 1. The summed E-state index contributed by atoms with van der Waals surface area (Å²) in [6.45, 7) is 11.9. The molecule has 1 aromatic rings. The van der Waals surface area contributed by atoms with Gasteiger partial charge in [-0.1, -0.05) is 13.8 Å². The van der Waals surface area contributed by atoms with E-state index in [0.29, 0.717) is 5.41 Å². The van der Waals surface area contributed by atoms with Gasteiger partial charge in [0.1, 0.15) is 0 Å². The van der Waals surface area contributed by atoms with Crippen molar-refractivity contribution in [3.8, 4) is 0 Å². The molecule has 0 fully saturated rings. The monoisotopic (exact) mass is 269 g/mol. The predicted octanol–water partition coefficient (Wildman–Crippen LogP) is 3.56. The fourth-order valence-electron chi connectivity index (χ4n) is 2.08. The van der Waals surface area contributed by atoms with Crippen molar-refractivity contribution >= 4 is 11.3 Å². The van der Waals surface area contributed by atoms with Gasteiger partial charge in [0.15, 0.2) is 0 Å². The Kier molecular flexibility index (Phi) is 6.33.